The summed E-state index contributed by atoms with van der Waals surface area (Å²) in [4.78, 5) is 8.04. The van der Waals surface area contributed by atoms with E-state index >= 15 is 0 Å². The number of pyridine rings is 1. The van der Waals surface area contributed by atoms with Crippen LogP contribution in [0, 0.1) is 5.82 Å². The highest BCUT2D eigenvalue weighted by molar-refractivity contribution is 6.29. The van der Waals surface area contributed by atoms with Gasteiger partial charge in [0.2, 0.25) is 0 Å². The maximum atomic E-state index is 13.8. The molecule has 1 aliphatic rings. The molecule has 1 aliphatic carbocycles. The van der Waals surface area contributed by atoms with E-state index in [4.69, 9.17) is 11.6 Å². The Hall–Kier alpha value is -2.01. The van der Waals surface area contributed by atoms with Gasteiger partial charge in [0, 0.05) is 25.0 Å². The number of nitrogens with zero attached hydrogens (tertiary/aromatic N) is 4. The van der Waals surface area contributed by atoms with Crippen molar-refractivity contribution in [2.24, 2.45) is 4.99 Å². The van der Waals surface area contributed by atoms with E-state index < -0.39 is 0 Å². The minimum absolute atomic E-state index is 0.130. The summed E-state index contributed by atoms with van der Waals surface area (Å²) in [6.07, 6.45) is 5.28. The Balaban J connectivity index is 2.03. The van der Waals surface area contributed by atoms with Crippen molar-refractivity contribution in [2.45, 2.75) is 18.3 Å². The molecule has 0 aromatic carbocycles. The summed E-state index contributed by atoms with van der Waals surface area (Å²) in [6.45, 7) is 3.71. The van der Waals surface area contributed by atoms with Gasteiger partial charge in [0.1, 0.15) is 11.0 Å². The Morgan fingerprint density at radius 1 is 1.48 bits per heavy atom. The van der Waals surface area contributed by atoms with Crippen LogP contribution in [0.1, 0.15) is 29.4 Å². The molecule has 2 heterocycles. The molecule has 2 aromatic heterocycles. The van der Waals surface area contributed by atoms with Crippen LogP contribution >= 0.6 is 11.6 Å². The highest BCUT2D eigenvalue weighted by Crippen LogP contribution is 2.54. The quantitative estimate of drug-likeness (QED) is 0.875. The Morgan fingerprint density at radius 3 is 2.90 bits per heavy atom. The van der Waals surface area contributed by atoms with Gasteiger partial charge in [-0.1, -0.05) is 18.2 Å². The van der Waals surface area contributed by atoms with Gasteiger partial charge in [-0.15, -0.1) is 0 Å². The number of hydrogen-bond donors (Lipinski definition) is 0. The zero-order valence-electron chi connectivity index (χ0n) is 11.5. The molecular formula is C15H14ClFN4. The maximum Gasteiger partial charge on any atom is 0.152 e. The monoisotopic (exact) mass is 304 g/mol. The van der Waals surface area contributed by atoms with Gasteiger partial charge in [-0.05, 0) is 36.0 Å². The van der Waals surface area contributed by atoms with Crippen molar-refractivity contribution in [3.05, 3.63) is 58.7 Å². The van der Waals surface area contributed by atoms with E-state index in [-0.39, 0.29) is 17.7 Å². The molecule has 0 amide bonds. The largest absolute Gasteiger partial charge is 0.270 e. The summed E-state index contributed by atoms with van der Waals surface area (Å²) in [7, 11) is 1.69. The van der Waals surface area contributed by atoms with Gasteiger partial charge in [0.15, 0.2) is 5.49 Å². The average Bonchev–Trinajstić information content (AvgIpc) is 3.27. The molecule has 0 N–H and O–H groups in total. The molecule has 0 aliphatic heterocycles. The lowest BCUT2D eigenvalue weighted by molar-refractivity contribution is 0.602. The molecule has 6 heteroatoms. The van der Waals surface area contributed by atoms with Gasteiger partial charge in [0.05, 0.1) is 6.20 Å². The fourth-order valence-electron chi connectivity index (χ4n) is 2.71. The van der Waals surface area contributed by atoms with Crippen molar-refractivity contribution in [1.82, 2.24) is 14.8 Å². The Morgan fingerprint density at radius 2 is 2.24 bits per heavy atom. The molecule has 2 atom stereocenters. The predicted molar refractivity (Wildman–Crippen MR) is 79.4 cm³/mol. The SMILES string of the molecule is C=Cn1nc(Cl)cc(C2CC2c2ccncc2F)c1=NC. The zero-order valence-corrected chi connectivity index (χ0v) is 12.3. The van der Waals surface area contributed by atoms with Crippen molar-refractivity contribution < 1.29 is 4.39 Å². The molecule has 2 aromatic rings. The Labute approximate surface area is 126 Å². The van der Waals surface area contributed by atoms with Crippen LogP contribution in [0.15, 0.2) is 36.1 Å². The van der Waals surface area contributed by atoms with Crippen molar-refractivity contribution in [1.29, 1.82) is 0 Å². The molecule has 0 saturated heterocycles. The van der Waals surface area contributed by atoms with Crippen LogP contribution in [0.3, 0.4) is 0 Å². The van der Waals surface area contributed by atoms with Crippen LogP contribution in [-0.2, 0) is 0 Å². The first-order valence-electron chi connectivity index (χ1n) is 6.59. The number of rotatable bonds is 3. The third-order valence-electron chi connectivity index (χ3n) is 3.73. The first kappa shape index (κ1) is 13.9. The second kappa shape index (κ2) is 5.41. The van der Waals surface area contributed by atoms with Gasteiger partial charge < -0.3 is 0 Å². The summed E-state index contributed by atoms with van der Waals surface area (Å²) < 4.78 is 15.4. The first-order valence-corrected chi connectivity index (χ1v) is 6.97. The molecular weight excluding hydrogens is 291 g/mol. The smallest absolute Gasteiger partial charge is 0.152 e. The second-order valence-electron chi connectivity index (χ2n) is 4.94. The zero-order chi connectivity index (χ0) is 15.0. The van der Waals surface area contributed by atoms with Gasteiger partial charge in [-0.2, -0.15) is 5.10 Å². The number of hydrogen-bond acceptors (Lipinski definition) is 3. The molecule has 2 unspecified atom stereocenters. The van der Waals surface area contributed by atoms with E-state index in [1.165, 1.54) is 6.20 Å². The number of aromatic nitrogens is 3. The average molecular weight is 305 g/mol. The van der Waals surface area contributed by atoms with Crippen LogP contribution in [0.2, 0.25) is 5.15 Å². The van der Waals surface area contributed by atoms with Crippen LogP contribution in [0.4, 0.5) is 4.39 Å². The van der Waals surface area contributed by atoms with Gasteiger partial charge >= 0.3 is 0 Å². The number of halogens is 2. The topological polar surface area (TPSA) is 43.1 Å². The molecule has 0 radical (unpaired) electrons. The molecule has 1 fully saturated rings. The summed E-state index contributed by atoms with van der Waals surface area (Å²) in [6, 6.07) is 3.53. The molecule has 1 saturated carbocycles. The summed E-state index contributed by atoms with van der Waals surface area (Å²) >= 11 is 6.05. The van der Waals surface area contributed by atoms with E-state index in [9.17, 15) is 4.39 Å². The van der Waals surface area contributed by atoms with Gasteiger partial charge in [-0.3, -0.25) is 9.98 Å². The highest BCUT2D eigenvalue weighted by atomic mass is 35.5. The normalized spacial score (nSPS) is 21.4. The van der Waals surface area contributed by atoms with E-state index in [2.05, 4.69) is 21.7 Å². The molecule has 0 spiro atoms. The minimum atomic E-state index is -0.267. The second-order valence-corrected chi connectivity index (χ2v) is 5.33. The third-order valence-corrected chi connectivity index (χ3v) is 3.92. The standard InChI is InChI=1S/C15H14ClFN4/c1-3-21-15(18-2)12(7-14(16)20-21)11-6-10(11)9-4-5-19-8-13(9)17/h3-5,7-8,10-11H,1,6H2,2H3. The van der Waals surface area contributed by atoms with Crippen molar-refractivity contribution >= 4 is 17.8 Å². The van der Waals surface area contributed by atoms with E-state index in [1.807, 2.05) is 0 Å². The fourth-order valence-corrected chi connectivity index (χ4v) is 2.90. The lowest BCUT2D eigenvalue weighted by Gasteiger charge is -2.07. The molecule has 21 heavy (non-hydrogen) atoms. The molecule has 108 valence electrons. The lowest BCUT2D eigenvalue weighted by Crippen LogP contribution is -2.23. The van der Waals surface area contributed by atoms with E-state index in [0.717, 1.165) is 12.0 Å². The molecule has 3 rings (SSSR count). The maximum absolute atomic E-state index is 13.8. The lowest BCUT2D eigenvalue weighted by atomic mass is 10.1. The van der Waals surface area contributed by atoms with Crippen LogP contribution in [0.5, 0.6) is 0 Å². The summed E-state index contributed by atoms with van der Waals surface area (Å²) in [5.41, 5.74) is 2.37. The van der Waals surface area contributed by atoms with Crippen LogP contribution in [0.25, 0.3) is 6.20 Å². The van der Waals surface area contributed by atoms with Crippen LogP contribution in [-0.4, -0.2) is 21.8 Å². The van der Waals surface area contributed by atoms with Crippen LogP contribution < -0.4 is 5.49 Å². The van der Waals surface area contributed by atoms with Crippen molar-refractivity contribution in [3.63, 3.8) is 0 Å². The molecule has 0 bridgehead atoms. The minimum Gasteiger partial charge on any atom is -0.270 e. The van der Waals surface area contributed by atoms with Gasteiger partial charge in [0.25, 0.3) is 0 Å². The Bertz CT molecular complexity index is 769. The van der Waals surface area contributed by atoms with E-state index in [0.29, 0.717) is 16.2 Å². The van der Waals surface area contributed by atoms with E-state index in [1.54, 1.807) is 36.3 Å². The predicted octanol–water partition coefficient (Wildman–Crippen LogP) is 2.97. The Kier molecular flexibility index (Phi) is 3.59. The highest BCUT2D eigenvalue weighted by Gasteiger charge is 2.42. The summed E-state index contributed by atoms with van der Waals surface area (Å²) in [5.74, 6) is 0.0502. The van der Waals surface area contributed by atoms with Crippen molar-refractivity contribution in [2.75, 3.05) is 7.05 Å². The van der Waals surface area contributed by atoms with Crippen molar-refractivity contribution in [3.8, 4) is 0 Å². The third kappa shape index (κ3) is 2.49. The fraction of sp³-hybridized carbons (Fsp3) is 0.267. The van der Waals surface area contributed by atoms with Gasteiger partial charge in [-0.25, -0.2) is 9.07 Å². The first-order chi connectivity index (χ1) is 10.2. The summed E-state index contributed by atoms with van der Waals surface area (Å²) in [5, 5.41) is 4.51. The molecule has 4 nitrogen and oxygen atoms in total.